The van der Waals surface area contributed by atoms with Crippen LogP contribution >= 0.6 is 0 Å². The van der Waals surface area contributed by atoms with Crippen molar-refractivity contribution < 1.29 is 13.6 Å². The van der Waals surface area contributed by atoms with Crippen molar-refractivity contribution in [3.8, 4) is 5.88 Å². The molecule has 12 heteroatoms. The third-order valence-corrected chi connectivity index (χ3v) is 5.63. The average molecular weight is 452 g/mol. The van der Waals surface area contributed by atoms with Gasteiger partial charge in [-0.25, -0.2) is 14.4 Å². The van der Waals surface area contributed by atoms with Crippen LogP contribution in [0.5, 0.6) is 0 Å². The van der Waals surface area contributed by atoms with Crippen molar-refractivity contribution in [3.05, 3.63) is 58.6 Å². The number of carbonyl (C=O) groups excluding carboxylic acids is 1. The monoisotopic (exact) mass is 452 g/mol. The maximum Gasteiger partial charge on any atom is 0.281 e. The maximum atomic E-state index is 13.6. The quantitative estimate of drug-likeness (QED) is 0.406. The summed E-state index contributed by atoms with van der Waals surface area (Å²) in [6.45, 7) is 1.74. The predicted molar refractivity (Wildman–Crippen MR) is 118 cm³/mol. The molecule has 2 atom stereocenters. The molecule has 33 heavy (non-hydrogen) atoms. The van der Waals surface area contributed by atoms with Gasteiger partial charge in [0.2, 0.25) is 5.88 Å². The third-order valence-electron chi connectivity index (χ3n) is 5.63. The Bertz CT molecular complexity index is 1410. The van der Waals surface area contributed by atoms with Crippen molar-refractivity contribution in [1.82, 2.24) is 29.5 Å². The van der Waals surface area contributed by atoms with Crippen LogP contribution < -0.4 is 21.5 Å². The van der Waals surface area contributed by atoms with Gasteiger partial charge < -0.3 is 20.4 Å². The van der Waals surface area contributed by atoms with E-state index in [0.29, 0.717) is 36.1 Å². The second kappa shape index (κ2) is 8.04. The number of aromatic nitrogens is 5. The molecule has 1 amide bonds. The van der Waals surface area contributed by atoms with Gasteiger partial charge in [-0.3, -0.25) is 14.2 Å². The van der Waals surface area contributed by atoms with Crippen LogP contribution in [0.3, 0.4) is 0 Å². The second-order valence-electron chi connectivity index (χ2n) is 7.71. The summed E-state index contributed by atoms with van der Waals surface area (Å²) in [6.07, 6.45) is 4.23. The third kappa shape index (κ3) is 3.58. The fourth-order valence-corrected chi connectivity index (χ4v) is 3.65. The first-order chi connectivity index (χ1) is 16.0. The zero-order valence-corrected chi connectivity index (χ0v) is 17.9. The Hall–Kier alpha value is -4.22. The van der Waals surface area contributed by atoms with E-state index in [0.717, 1.165) is 0 Å². The Morgan fingerprint density at radius 2 is 2.18 bits per heavy atom. The van der Waals surface area contributed by atoms with E-state index in [-0.39, 0.29) is 22.5 Å². The van der Waals surface area contributed by atoms with Gasteiger partial charge in [0, 0.05) is 19.3 Å². The Morgan fingerprint density at radius 1 is 1.33 bits per heavy atom. The standard InChI is InChI=1S/C21H21FN8O3/c1-11-21(33-10-24-11)29-7-3-4-15(20(29)32)26-16-8-17(23-2)30-18(28-16)12(9-25-30)19(31)27-14-6-5-13(14)22/h3-4,7-10,13-14,23H,5-6H2,1-2H3,(H,26,28)(H,27,31)/t13-,14-/m1/s1. The van der Waals surface area contributed by atoms with Gasteiger partial charge in [-0.05, 0) is 31.9 Å². The number of fused-ring (bicyclic) bond motifs is 1. The van der Waals surface area contributed by atoms with Crippen molar-refractivity contribution >= 4 is 28.9 Å². The maximum absolute atomic E-state index is 13.6. The molecule has 4 heterocycles. The molecule has 1 saturated carbocycles. The van der Waals surface area contributed by atoms with E-state index in [9.17, 15) is 14.0 Å². The lowest BCUT2D eigenvalue weighted by atomic mass is 9.90. The van der Waals surface area contributed by atoms with E-state index in [2.05, 4.69) is 31.0 Å². The molecule has 0 aliphatic heterocycles. The van der Waals surface area contributed by atoms with Crippen LogP contribution in [0.1, 0.15) is 28.9 Å². The number of aryl methyl sites for hydroxylation is 1. The van der Waals surface area contributed by atoms with Crippen molar-refractivity contribution in [3.63, 3.8) is 0 Å². The molecule has 170 valence electrons. The van der Waals surface area contributed by atoms with Crippen LogP contribution in [0, 0.1) is 6.92 Å². The first-order valence-corrected chi connectivity index (χ1v) is 10.4. The fraction of sp³-hybridized carbons (Fsp3) is 0.286. The predicted octanol–water partition coefficient (Wildman–Crippen LogP) is 2.19. The molecule has 1 fully saturated rings. The highest BCUT2D eigenvalue weighted by Crippen LogP contribution is 2.25. The van der Waals surface area contributed by atoms with Gasteiger partial charge in [0.25, 0.3) is 11.5 Å². The number of hydrogen-bond donors (Lipinski definition) is 3. The normalized spacial score (nSPS) is 17.5. The van der Waals surface area contributed by atoms with Gasteiger partial charge in [0.1, 0.15) is 34.8 Å². The van der Waals surface area contributed by atoms with E-state index in [4.69, 9.17) is 4.42 Å². The lowest BCUT2D eigenvalue weighted by molar-refractivity contribution is 0.0826. The molecule has 4 aromatic rings. The summed E-state index contributed by atoms with van der Waals surface area (Å²) in [7, 11) is 1.70. The van der Waals surface area contributed by atoms with E-state index < -0.39 is 18.1 Å². The molecule has 0 spiro atoms. The number of hydrogen-bond acceptors (Lipinski definition) is 8. The van der Waals surface area contributed by atoms with Gasteiger partial charge in [-0.2, -0.15) is 9.61 Å². The molecule has 5 rings (SSSR count). The van der Waals surface area contributed by atoms with Crippen molar-refractivity contribution in [2.75, 3.05) is 17.7 Å². The van der Waals surface area contributed by atoms with Gasteiger partial charge in [0.15, 0.2) is 12.0 Å². The number of carbonyl (C=O) groups is 1. The minimum Gasteiger partial charge on any atom is -0.427 e. The molecule has 1 aliphatic carbocycles. The molecular weight excluding hydrogens is 431 g/mol. The van der Waals surface area contributed by atoms with Gasteiger partial charge in [-0.15, -0.1) is 0 Å². The zero-order valence-electron chi connectivity index (χ0n) is 17.9. The lowest BCUT2D eigenvalue weighted by Crippen LogP contribution is -2.48. The first kappa shape index (κ1) is 20.7. The molecule has 11 nitrogen and oxygen atoms in total. The topological polar surface area (TPSA) is 131 Å². The van der Waals surface area contributed by atoms with Gasteiger partial charge >= 0.3 is 0 Å². The van der Waals surface area contributed by atoms with Crippen LogP contribution in [-0.2, 0) is 0 Å². The molecule has 0 aromatic carbocycles. The number of alkyl halides is 1. The summed E-state index contributed by atoms with van der Waals surface area (Å²) in [5, 5.41) is 12.9. The number of halogens is 1. The second-order valence-corrected chi connectivity index (χ2v) is 7.71. The van der Waals surface area contributed by atoms with Crippen LogP contribution in [-0.4, -0.2) is 49.3 Å². The molecule has 0 saturated heterocycles. The summed E-state index contributed by atoms with van der Waals surface area (Å²) < 4.78 is 21.7. The zero-order chi connectivity index (χ0) is 23.1. The molecule has 0 radical (unpaired) electrons. The van der Waals surface area contributed by atoms with E-state index in [1.165, 1.54) is 21.7 Å². The number of anilines is 3. The largest absolute Gasteiger partial charge is 0.427 e. The summed E-state index contributed by atoms with van der Waals surface area (Å²) in [5.41, 5.74) is 0.919. The van der Waals surface area contributed by atoms with Crippen molar-refractivity contribution in [1.29, 1.82) is 0 Å². The smallest absolute Gasteiger partial charge is 0.281 e. The van der Waals surface area contributed by atoms with Gasteiger partial charge in [-0.1, -0.05) is 0 Å². The Kier molecular flexibility index (Phi) is 5.04. The Labute approximate surface area is 186 Å². The molecule has 0 bridgehead atoms. The van der Waals surface area contributed by atoms with E-state index >= 15 is 0 Å². The first-order valence-electron chi connectivity index (χ1n) is 10.4. The summed E-state index contributed by atoms with van der Waals surface area (Å²) >= 11 is 0. The van der Waals surface area contributed by atoms with E-state index in [1.807, 2.05) is 0 Å². The lowest BCUT2D eigenvalue weighted by Gasteiger charge is -2.30. The average Bonchev–Trinajstić information content (AvgIpc) is 3.43. The highest BCUT2D eigenvalue weighted by molar-refractivity contribution is 6.00. The number of rotatable bonds is 6. The fourth-order valence-electron chi connectivity index (χ4n) is 3.65. The number of nitrogens with zero attached hydrogens (tertiary/aromatic N) is 5. The van der Waals surface area contributed by atoms with E-state index in [1.54, 1.807) is 38.4 Å². The Balaban J connectivity index is 1.51. The van der Waals surface area contributed by atoms with Crippen molar-refractivity contribution in [2.24, 2.45) is 0 Å². The summed E-state index contributed by atoms with van der Waals surface area (Å²) in [5.74, 6) is 0.722. The highest BCUT2D eigenvalue weighted by atomic mass is 19.1. The summed E-state index contributed by atoms with van der Waals surface area (Å²) in [6, 6.07) is 4.45. The minimum atomic E-state index is -1.04. The van der Waals surface area contributed by atoms with Crippen molar-refractivity contribution in [2.45, 2.75) is 32.0 Å². The minimum absolute atomic E-state index is 0.206. The van der Waals surface area contributed by atoms with Crippen LogP contribution in [0.2, 0.25) is 0 Å². The number of pyridine rings is 1. The summed E-state index contributed by atoms with van der Waals surface area (Å²) in [4.78, 5) is 34.2. The van der Waals surface area contributed by atoms with Crippen LogP contribution in [0.4, 0.5) is 21.7 Å². The molecular formula is C21H21FN8O3. The number of nitrogens with one attached hydrogen (secondary N) is 3. The number of oxazole rings is 1. The molecule has 3 N–H and O–H groups in total. The SMILES string of the molecule is CNc1cc(Nc2cccn(-c3ocnc3C)c2=O)nc2c(C(=O)N[C@@H]3CC[C@H]3F)cnn12. The number of amides is 1. The molecule has 4 aromatic heterocycles. The van der Waals surface area contributed by atoms with Gasteiger partial charge in [0.05, 0.1) is 12.2 Å². The molecule has 0 unspecified atom stereocenters. The highest BCUT2D eigenvalue weighted by Gasteiger charge is 2.33. The van der Waals surface area contributed by atoms with Crippen LogP contribution in [0.15, 0.2) is 46.2 Å². The van der Waals surface area contributed by atoms with Crippen LogP contribution in [0.25, 0.3) is 11.5 Å². The Morgan fingerprint density at radius 3 is 2.85 bits per heavy atom. The molecule has 1 aliphatic rings.